The van der Waals surface area contributed by atoms with Crippen LogP contribution in [-0.2, 0) is 0 Å². The lowest BCUT2D eigenvalue weighted by Crippen LogP contribution is -2.51. The van der Waals surface area contributed by atoms with Gasteiger partial charge in [-0.05, 0) is 43.2 Å². The molecule has 0 spiro atoms. The van der Waals surface area contributed by atoms with Gasteiger partial charge in [0.1, 0.15) is 6.07 Å². The summed E-state index contributed by atoms with van der Waals surface area (Å²) >= 11 is 6.06. The largest absolute Gasteiger partial charge is 0.399 e. The first-order valence-electron chi connectivity index (χ1n) is 8.90. The topological polar surface area (TPSA) is 101 Å². The van der Waals surface area contributed by atoms with Crippen LogP contribution in [0.25, 0.3) is 0 Å². The van der Waals surface area contributed by atoms with Gasteiger partial charge in [-0.1, -0.05) is 29.8 Å². The monoisotopic (exact) mass is 375 g/mol. The smallest absolute Gasteiger partial charge is 0.191 e. The summed E-state index contributed by atoms with van der Waals surface area (Å²) in [6.45, 7) is 0. The number of nitrogens with two attached hydrogens (primary N) is 1. The van der Waals surface area contributed by atoms with E-state index in [1.165, 1.54) is 0 Å². The quantitative estimate of drug-likeness (QED) is 0.812. The molecule has 1 fully saturated rings. The van der Waals surface area contributed by atoms with Crippen LogP contribution in [0.2, 0.25) is 5.02 Å². The van der Waals surface area contributed by atoms with E-state index >= 15 is 0 Å². The van der Waals surface area contributed by atoms with E-state index in [2.05, 4.69) is 36.2 Å². The molecule has 2 aliphatic heterocycles. The summed E-state index contributed by atoms with van der Waals surface area (Å²) in [5, 5.41) is 30.6. The van der Waals surface area contributed by atoms with Gasteiger partial charge in [0.05, 0.1) is 23.4 Å². The van der Waals surface area contributed by atoms with Crippen LogP contribution in [0.3, 0.4) is 0 Å². The van der Waals surface area contributed by atoms with E-state index in [9.17, 15) is 15.8 Å². The van der Waals surface area contributed by atoms with Crippen molar-refractivity contribution in [3.05, 3.63) is 57.8 Å². The fraction of sp³-hybridized carbons (Fsp3) is 0.381. The van der Waals surface area contributed by atoms with Crippen LogP contribution in [-0.4, -0.2) is 24.0 Å². The minimum Gasteiger partial charge on any atom is -0.399 e. The third kappa shape index (κ3) is 2.25. The Morgan fingerprint density at radius 1 is 1.15 bits per heavy atom. The van der Waals surface area contributed by atoms with Crippen LogP contribution < -0.4 is 5.73 Å². The minimum atomic E-state index is -1.59. The average molecular weight is 376 g/mol. The maximum atomic E-state index is 10.1. The van der Waals surface area contributed by atoms with Gasteiger partial charge in [0.2, 0.25) is 0 Å². The Bertz CT molecular complexity index is 971. The molecule has 2 heterocycles. The molecule has 4 rings (SSSR count). The normalized spacial score (nSPS) is 31.3. The lowest BCUT2D eigenvalue weighted by atomic mass is 9.56. The van der Waals surface area contributed by atoms with Crippen molar-refractivity contribution < 1.29 is 0 Å². The van der Waals surface area contributed by atoms with Crippen molar-refractivity contribution in [2.75, 3.05) is 7.05 Å². The number of halogens is 1. The molecule has 1 aliphatic carbocycles. The highest BCUT2D eigenvalue weighted by atomic mass is 35.5. The summed E-state index contributed by atoms with van der Waals surface area (Å²) < 4.78 is 0. The molecule has 2 N–H and O–H groups in total. The summed E-state index contributed by atoms with van der Waals surface area (Å²) in [5.74, 6) is -0.601. The summed E-state index contributed by atoms with van der Waals surface area (Å²) in [4.78, 5) is 2.30. The molecule has 0 amide bonds. The van der Waals surface area contributed by atoms with Gasteiger partial charge in [0.15, 0.2) is 5.41 Å². The molecule has 5 nitrogen and oxygen atoms in total. The summed E-state index contributed by atoms with van der Waals surface area (Å²) in [6.07, 6.45) is 4.07. The summed E-state index contributed by atoms with van der Waals surface area (Å²) in [5.41, 5.74) is 6.86. The van der Waals surface area contributed by atoms with E-state index in [1.54, 1.807) is 12.1 Å². The molecule has 1 aromatic rings. The first-order valence-corrected chi connectivity index (χ1v) is 9.28. The fourth-order valence-corrected chi connectivity index (χ4v) is 5.26. The Hall–Kier alpha value is -2.78. The van der Waals surface area contributed by atoms with Crippen LogP contribution in [0.5, 0.6) is 0 Å². The molecule has 6 heteroatoms. The molecule has 0 aromatic heterocycles. The van der Waals surface area contributed by atoms with Gasteiger partial charge in [-0.15, -0.1) is 0 Å². The van der Waals surface area contributed by atoms with Crippen LogP contribution in [0.4, 0.5) is 0 Å². The Balaban J connectivity index is 2.04. The van der Waals surface area contributed by atoms with Crippen molar-refractivity contribution in [2.24, 2.45) is 17.1 Å². The first-order chi connectivity index (χ1) is 13.0. The molecular formula is C21H18ClN5. The van der Waals surface area contributed by atoms with E-state index < -0.39 is 11.3 Å². The molecular weight excluding hydrogens is 358 g/mol. The maximum absolute atomic E-state index is 10.1. The summed E-state index contributed by atoms with van der Waals surface area (Å²) in [6, 6.07) is 14.2. The number of nitrogens with zero attached hydrogens (tertiary/aromatic N) is 4. The number of allylic oxidation sites excluding steroid dienone is 2. The number of likely N-dealkylation sites (N-methyl/N-ethyl adjacent to an activating group) is 1. The zero-order valence-electron chi connectivity index (χ0n) is 14.9. The highest BCUT2D eigenvalue weighted by Crippen LogP contribution is 2.58. The molecule has 3 aliphatic rings. The van der Waals surface area contributed by atoms with Gasteiger partial charge in [-0.3, -0.25) is 4.90 Å². The van der Waals surface area contributed by atoms with Crippen LogP contribution in [0.1, 0.15) is 24.3 Å². The lowest BCUT2D eigenvalue weighted by Gasteiger charge is -2.48. The zero-order chi connectivity index (χ0) is 19.3. The molecule has 134 valence electrons. The van der Waals surface area contributed by atoms with E-state index in [-0.39, 0.29) is 23.7 Å². The highest BCUT2D eigenvalue weighted by Gasteiger charge is 2.58. The number of nitriles is 3. The molecule has 2 bridgehead atoms. The van der Waals surface area contributed by atoms with Crippen molar-refractivity contribution in [2.45, 2.75) is 30.8 Å². The van der Waals surface area contributed by atoms with Gasteiger partial charge in [-0.25, -0.2) is 0 Å². The highest BCUT2D eigenvalue weighted by molar-refractivity contribution is 6.30. The van der Waals surface area contributed by atoms with Crippen molar-refractivity contribution in [1.82, 2.24) is 4.90 Å². The van der Waals surface area contributed by atoms with Gasteiger partial charge in [0.25, 0.3) is 0 Å². The Morgan fingerprint density at radius 2 is 1.81 bits per heavy atom. The molecule has 0 radical (unpaired) electrons. The Morgan fingerprint density at radius 3 is 2.41 bits per heavy atom. The number of hydrogen-bond acceptors (Lipinski definition) is 5. The number of fused-ring (bicyclic) bond motifs is 4. The third-order valence-electron chi connectivity index (χ3n) is 6.45. The molecule has 1 saturated heterocycles. The second-order valence-corrected chi connectivity index (χ2v) is 7.92. The minimum absolute atomic E-state index is 0.0707. The Labute approximate surface area is 163 Å². The summed E-state index contributed by atoms with van der Waals surface area (Å²) in [7, 11) is 2.07. The van der Waals surface area contributed by atoms with Crippen molar-refractivity contribution in [3.63, 3.8) is 0 Å². The maximum Gasteiger partial charge on any atom is 0.191 e. The van der Waals surface area contributed by atoms with Crippen LogP contribution in [0.15, 0.2) is 47.2 Å². The van der Waals surface area contributed by atoms with Gasteiger partial charge < -0.3 is 5.73 Å². The van der Waals surface area contributed by atoms with Gasteiger partial charge in [0, 0.05) is 28.9 Å². The van der Waals surface area contributed by atoms with E-state index in [4.69, 9.17) is 17.3 Å². The molecule has 27 heavy (non-hydrogen) atoms. The predicted octanol–water partition coefficient (Wildman–Crippen LogP) is 3.23. The predicted molar refractivity (Wildman–Crippen MR) is 101 cm³/mol. The second kappa shape index (κ2) is 6.14. The molecule has 4 unspecified atom stereocenters. The van der Waals surface area contributed by atoms with Gasteiger partial charge in [-0.2, -0.15) is 15.8 Å². The number of hydrogen-bond donors (Lipinski definition) is 1. The third-order valence-corrected chi connectivity index (χ3v) is 6.70. The van der Waals surface area contributed by atoms with Crippen molar-refractivity contribution in [3.8, 4) is 18.2 Å². The first kappa shape index (κ1) is 17.6. The van der Waals surface area contributed by atoms with Crippen LogP contribution >= 0.6 is 11.6 Å². The lowest BCUT2D eigenvalue weighted by molar-refractivity contribution is 0.160. The Kier molecular flexibility index (Phi) is 4.01. The number of rotatable bonds is 1. The van der Waals surface area contributed by atoms with Crippen molar-refractivity contribution >= 4 is 11.6 Å². The zero-order valence-corrected chi connectivity index (χ0v) is 15.6. The van der Waals surface area contributed by atoms with E-state index in [0.717, 1.165) is 24.0 Å². The molecule has 0 saturated carbocycles. The van der Waals surface area contributed by atoms with E-state index in [0.29, 0.717) is 10.6 Å². The molecule has 4 atom stereocenters. The van der Waals surface area contributed by atoms with Crippen LogP contribution in [0, 0.1) is 45.3 Å². The SMILES string of the molecule is CN1C2C=C3C(C#N)=C(N)C(C#N)(C#N)C(c4ccc(Cl)cc4)C3C1CC2. The fourth-order valence-electron chi connectivity index (χ4n) is 5.13. The second-order valence-electron chi connectivity index (χ2n) is 7.49. The average Bonchev–Trinajstić information content (AvgIpc) is 2.91. The van der Waals surface area contributed by atoms with Gasteiger partial charge >= 0.3 is 0 Å². The standard InChI is InChI=1S/C21H18ClN5/c1-27-14-6-7-17(27)18-15(8-14)16(9-23)20(26)21(10-24,11-25)19(18)12-2-4-13(22)5-3-12/h2-5,8,14,17-19H,6-7,26H2,1H3. The number of benzene rings is 1. The van der Waals surface area contributed by atoms with E-state index in [1.807, 2.05) is 12.1 Å². The van der Waals surface area contributed by atoms with Crippen molar-refractivity contribution in [1.29, 1.82) is 15.8 Å². The molecule has 1 aromatic carbocycles.